The first-order chi connectivity index (χ1) is 9.45. The molecule has 1 heterocycles. The van der Waals surface area contributed by atoms with Crippen molar-refractivity contribution < 1.29 is 8.42 Å². The van der Waals surface area contributed by atoms with Crippen molar-refractivity contribution in [3.8, 4) is 0 Å². The molecule has 20 heavy (non-hydrogen) atoms. The molecule has 4 nitrogen and oxygen atoms in total. The maximum Gasteiger partial charge on any atom is 0.175 e. The Kier molecular flexibility index (Phi) is 2.94. The number of rotatable bonds is 2. The zero-order valence-electron chi connectivity index (χ0n) is 11.2. The summed E-state index contributed by atoms with van der Waals surface area (Å²) in [5.74, 6) is 0. The van der Waals surface area contributed by atoms with Crippen LogP contribution < -0.4 is 10.6 Å². The summed E-state index contributed by atoms with van der Waals surface area (Å²) >= 11 is 0. The third kappa shape index (κ3) is 2.25. The van der Waals surface area contributed by atoms with E-state index in [4.69, 9.17) is 5.73 Å². The van der Waals surface area contributed by atoms with Gasteiger partial charge < -0.3 is 10.6 Å². The van der Waals surface area contributed by atoms with Gasteiger partial charge in [-0.3, -0.25) is 0 Å². The first-order valence-corrected chi connectivity index (χ1v) is 8.25. The first-order valence-electron chi connectivity index (χ1n) is 6.36. The Labute approximate surface area is 118 Å². The highest BCUT2D eigenvalue weighted by Gasteiger charge is 2.21. The largest absolute Gasteiger partial charge is 0.398 e. The lowest BCUT2D eigenvalue weighted by Crippen LogP contribution is -2.14. The smallest absolute Gasteiger partial charge is 0.175 e. The Bertz CT molecular complexity index is 752. The van der Waals surface area contributed by atoms with Crippen molar-refractivity contribution in [1.29, 1.82) is 0 Å². The van der Waals surface area contributed by atoms with E-state index >= 15 is 0 Å². The molecule has 0 saturated carbocycles. The summed E-state index contributed by atoms with van der Waals surface area (Å²) in [6.07, 6.45) is 1.22. The average molecular weight is 288 g/mol. The quantitative estimate of drug-likeness (QED) is 0.860. The van der Waals surface area contributed by atoms with Gasteiger partial charge in [0.25, 0.3) is 0 Å². The van der Waals surface area contributed by atoms with Gasteiger partial charge in [0, 0.05) is 30.7 Å². The second kappa shape index (κ2) is 4.52. The Morgan fingerprint density at radius 2 is 1.75 bits per heavy atom. The van der Waals surface area contributed by atoms with Gasteiger partial charge >= 0.3 is 0 Å². The number of fused-ring (bicyclic) bond motifs is 1. The molecule has 0 unspecified atom stereocenters. The number of hydrogen-bond donors (Lipinski definition) is 1. The molecule has 0 bridgehead atoms. The number of nitrogens with zero attached hydrogens (tertiary/aromatic N) is 1. The maximum absolute atomic E-state index is 11.5. The molecule has 1 aliphatic rings. The minimum absolute atomic E-state index is 0.345. The highest BCUT2D eigenvalue weighted by molar-refractivity contribution is 7.90. The van der Waals surface area contributed by atoms with Crippen LogP contribution in [-0.2, 0) is 22.9 Å². The lowest BCUT2D eigenvalue weighted by atomic mass is 10.1. The van der Waals surface area contributed by atoms with Crippen LogP contribution in [0.5, 0.6) is 0 Å². The molecule has 0 fully saturated rings. The number of nitrogens with two attached hydrogens (primary N) is 1. The van der Waals surface area contributed by atoms with Crippen LogP contribution in [0.1, 0.15) is 11.1 Å². The third-order valence-electron chi connectivity index (χ3n) is 3.65. The summed E-state index contributed by atoms with van der Waals surface area (Å²) in [7, 11) is -3.14. The van der Waals surface area contributed by atoms with Gasteiger partial charge in [0.15, 0.2) is 9.84 Å². The zero-order valence-corrected chi connectivity index (χ0v) is 12.0. The normalized spacial score (nSPS) is 14.3. The summed E-state index contributed by atoms with van der Waals surface area (Å²) in [5.41, 5.74) is 10.2. The van der Waals surface area contributed by atoms with E-state index in [0.717, 1.165) is 24.5 Å². The van der Waals surface area contributed by atoms with Gasteiger partial charge in [-0.2, -0.15) is 0 Å². The fraction of sp³-hybridized carbons (Fsp3) is 0.200. The molecule has 0 saturated heterocycles. The molecule has 2 aromatic rings. The standard InChI is InChI=1S/C15H16N2O2S/c1-20(18,19)13-7-5-12(6-8-13)17-9-11-3-2-4-15(16)14(11)10-17/h2-8H,9-10,16H2,1H3. The van der Waals surface area contributed by atoms with Gasteiger partial charge in [-0.25, -0.2) is 8.42 Å². The summed E-state index contributed by atoms with van der Waals surface area (Å²) in [4.78, 5) is 2.53. The molecule has 1 aliphatic heterocycles. The number of benzene rings is 2. The van der Waals surface area contributed by atoms with E-state index in [0.29, 0.717) is 4.90 Å². The number of nitrogen functional groups attached to an aromatic ring is 1. The molecule has 0 radical (unpaired) electrons. The fourth-order valence-electron chi connectivity index (χ4n) is 2.53. The van der Waals surface area contributed by atoms with Crippen LogP contribution in [0, 0.1) is 0 Å². The summed E-state index contributed by atoms with van der Waals surface area (Å²) in [6.45, 7) is 1.57. The first kappa shape index (κ1) is 13.0. The maximum atomic E-state index is 11.5. The van der Waals surface area contributed by atoms with Crippen LogP contribution in [0.3, 0.4) is 0 Å². The second-order valence-electron chi connectivity index (χ2n) is 5.11. The van der Waals surface area contributed by atoms with Crippen molar-refractivity contribution in [2.45, 2.75) is 18.0 Å². The highest BCUT2D eigenvalue weighted by atomic mass is 32.2. The average Bonchev–Trinajstić information content (AvgIpc) is 2.83. The lowest BCUT2D eigenvalue weighted by molar-refractivity contribution is 0.602. The molecular formula is C15H16N2O2S. The van der Waals surface area contributed by atoms with Crippen LogP contribution in [0.2, 0.25) is 0 Å². The van der Waals surface area contributed by atoms with E-state index < -0.39 is 9.84 Å². The van der Waals surface area contributed by atoms with Crippen molar-refractivity contribution >= 4 is 21.2 Å². The number of anilines is 2. The Morgan fingerprint density at radius 1 is 1.05 bits per heavy atom. The second-order valence-corrected chi connectivity index (χ2v) is 7.12. The zero-order chi connectivity index (χ0) is 14.3. The molecular weight excluding hydrogens is 272 g/mol. The van der Waals surface area contributed by atoms with Crippen molar-refractivity contribution in [2.24, 2.45) is 0 Å². The predicted octanol–water partition coefficient (Wildman–Crippen LogP) is 2.19. The predicted molar refractivity (Wildman–Crippen MR) is 80.3 cm³/mol. The molecule has 2 aromatic carbocycles. The molecule has 0 aliphatic carbocycles. The van der Waals surface area contributed by atoms with Gasteiger partial charge in [-0.15, -0.1) is 0 Å². The van der Waals surface area contributed by atoms with Crippen LogP contribution in [0.4, 0.5) is 11.4 Å². The molecule has 0 spiro atoms. The Hall–Kier alpha value is -2.01. The lowest BCUT2D eigenvalue weighted by Gasteiger charge is -2.18. The van der Waals surface area contributed by atoms with Crippen LogP contribution in [0.15, 0.2) is 47.4 Å². The Morgan fingerprint density at radius 3 is 2.35 bits per heavy atom. The number of sulfone groups is 1. The molecule has 0 amide bonds. The van der Waals surface area contributed by atoms with E-state index in [-0.39, 0.29) is 0 Å². The van der Waals surface area contributed by atoms with Crippen LogP contribution >= 0.6 is 0 Å². The van der Waals surface area contributed by atoms with E-state index in [1.807, 2.05) is 24.3 Å². The molecule has 3 rings (SSSR count). The van der Waals surface area contributed by atoms with Gasteiger partial charge in [0.1, 0.15) is 0 Å². The molecule has 5 heteroatoms. The summed E-state index contributed by atoms with van der Waals surface area (Å²) < 4.78 is 22.9. The van der Waals surface area contributed by atoms with Crippen molar-refractivity contribution in [3.63, 3.8) is 0 Å². The van der Waals surface area contributed by atoms with E-state index in [1.54, 1.807) is 12.1 Å². The SMILES string of the molecule is CS(=O)(=O)c1ccc(N2Cc3cccc(N)c3C2)cc1. The van der Waals surface area contributed by atoms with Gasteiger partial charge in [-0.1, -0.05) is 12.1 Å². The Balaban J connectivity index is 1.88. The molecule has 2 N–H and O–H groups in total. The summed E-state index contributed by atoms with van der Waals surface area (Å²) in [6, 6.07) is 12.9. The van der Waals surface area contributed by atoms with Crippen molar-refractivity contribution in [1.82, 2.24) is 0 Å². The summed E-state index contributed by atoms with van der Waals surface area (Å²) in [5, 5.41) is 0. The minimum Gasteiger partial charge on any atom is -0.398 e. The van der Waals surface area contributed by atoms with Crippen LogP contribution in [-0.4, -0.2) is 14.7 Å². The van der Waals surface area contributed by atoms with E-state index in [9.17, 15) is 8.42 Å². The van der Waals surface area contributed by atoms with E-state index in [2.05, 4.69) is 11.0 Å². The minimum atomic E-state index is -3.14. The highest BCUT2D eigenvalue weighted by Crippen LogP contribution is 2.31. The third-order valence-corrected chi connectivity index (χ3v) is 4.78. The fourth-order valence-corrected chi connectivity index (χ4v) is 3.17. The van der Waals surface area contributed by atoms with Gasteiger partial charge in [-0.05, 0) is 41.5 Å². The van der Waals surface area contributed by atoms with Crippen molar-refractivity contribution in [3.05, 3.63) is 53.6 Å². The van der Waals surface area contributed by atoms with Crippen molar-refractivity contribution in [2.75, 3.05) is 16.9 Å². The monoisotopic (exact) mass is 288 g/mol. The van der Waals surface area contributed by atoms with Gasteiger partial charge in [0.05, 0.1) is 4.90 Å². The number of hydrogen-bond acceptors (Lipinski definition) is 4. The molecule has 0 atom stereocenters. The topological polar surface area (TPSA) is 63.4 Å². The van der Waals surface area contributed by atoms with Crippen LogP contribution in [0.25, 0.3) is 0 Å². The van der Waals surface area contributed by atoms with Gasteiger partial charge in [0.2, 0.25) is 0 Å². The molecule has 0 aromatic heterocycles. The van der Waals surface area contributed by atoms with E-state index in [1.165, 1.54) is 17.4 Å². The molecule has 104 valence electrons.